The summed E-state index contributed by atoms with van der Waals surface area (Å²) in [6, 6.07) is -0.824. The van der Waals surface area contributed by atoms with Crippen molar-refractivity contribution in [2.75, 3.05) is 13.1 Å². The minimum absolute atomic E-state index is 0.0199. The normalized spacial score (nSPS) is 27.9. The van der Waals surface area contributed by atoms with Crippen molar-refractivity contribution in [3.05, 3.63) is 0 Å². The molecule has 0 bridgehead atoms. The fourth-order valence-corrected chi connectivity index (χ4v) is 2.94. The number of hydrogen-bond acceptors (Lipinski definition) is 3. The van der Waals surface area contributed by atoms with Crippen molar-refractivity contribution in [1.29, 1.82) is 0 Å². The van der Waals surface area contributed by atoms with Gasteiger partial charge in [-0.25, -0.2) is 4.79 Å². The van der Waals surface area contributed by atoms with Crippen molar-refractivity contribution >= 4 is 17.8 Å². The highest BCUT2D eigenvalue weighted by molar-refractivity contribution is 5.99. The number of likely N-dealkylation sites (tertiary alicyclic amines) is 2. The molecule has 0 aromatic heterocycles. The van der Waals surface area contributed by atoms with E-state index in [1.54, 1.807) is 4.90 Å². The molecule has 2 fully saturated rings. The molecule has 0 aromatic rings. The number of carbonyl (C=O) groups excluding carboxylic acids is 2. The van der Waals surface area contributed by atoms with Gasteiger partial charge >= 0.3 is 5.97 Å². The molecule has 0 aromatic carbocycles. The molecule has 1 spiro atoms. The van der Waals surface area contributed by atoms with Crippen LogP contribution in [0.3, 0.4) is 0 Å². The van der Waals surface area contributed by atoms with Crippen LogP contribution in [0.1, 0.15) is 33.6 Å². The number of carbonyl (C=O) groups is 3. The Labute approximate surface area is 112 Å². The van der Waals surface area contributed by atoms with Crippen molar-refractivity contribution < 1.29 is 19.5 Å². The van der Waals surface area contributed by atoms with E-state index < -0.39 is 17.6 Å². The minimum Gasteiger partial charge on any atom is -0.480 e. The van der Waals surface area contributed by atoms with Gasteiger partial charge in [0.1, 0.15) is 11.6 Å². The Kier molecular flexibility index (Phi) is 3.28. The maximum atomic E-state index is 12.3. The molecule has 0 radical (unpaired) electrons. The van der Waals surface area contributed by atoms with E-state index in [1.165, 1.54) is 11.8 Å². The maximum Gasteiger partial charge on any atom is 0.326 e. The van der Waals surface area contributed by atoms with Crippen LogP contribution in [0.15, 0.2) is 0 Å². The Morgan fingerprint density at radius 3 is 2.42 bits per heavy atom. The van der Waals surface area contributed by atoms with E-state index in [4.69, 9.17) is 5.11 Å². The lowest BCUT2D eigenvalue weighted by Gasteiger charge is -2.52. The van der Waals surface area contributed by atoms with Crippen molar-refractivity contribution in [3.8, 4) is 0 Å². The second-order valence-corrected chi connectivity index (χ2v) is 5.73. The first kappa shape index (κ1) is 13.8. The van der Waals surface area contributed by atoms with E-state index in [0.717, 1.165) is 6.42 Å². The smallest absolute Gasteiger partial charge is 0.326 e. The lowest BCUT2D eigenvalue weighted by Crippen LogP contribution is -2.75. The van der Waals surface area contributed by atoms with Gasteiger partial charge in [-0.15, -0.1) is 0 Å². The SMILES string of the molecule is CC(C)C(=O)N1CCC[C@]12CN([C@@H](C)C(=O)O)C2=O. The average molecular weight is 268 g/mol. The first-order chi connectivity index (χ1) is 8.81. The van der Waals surface area contributed by atoms with Crippen molar-refractivity contribution in [2.45, 2.75) is 45.2 Å². The summed E-state index contributed by atoms with van der Waals surface area (Å²) in [6.45, 7) is 6.07. The molecule has 2 aliphatic rings. The van der Waals surface area contributed by atoms with Gasteiger partial charge in [-0.1, -0.05) is 13.8 Å². The van der Waals surface area contributed by atoms with E-state index in [1.807, 2.05) is 13.8 Å². The highest BCUT2D eigenvalue weighted by Crippen LogP contribution is 2.40. The third-order valence-electron chi connectivity index (χ3n) is 4.16. The van der Waals surface area contributed by atoms with Gasteiger partial charge in [0.15, 0.2) is 0 Å². The summed E-state index contributed by atoms with van der Waals surface area (Å²) in [4.78, 5) is 38.4. The second-order valence-electron chi connectivity index (χ2n) is 5.73. The van der Waals surface area contributed by atoms with Crippen molar-refractivity contribution in [2.24, 2.45) is 5.92 Å². The van der Waals surface area contributed by atoms with E-state index >= 15 is 0 Å². The molecule has 1 N–H and O–H groups in total. The molecule has 2 heterocycles. The molecule has 0 aliphatic carbocycles. The molecule has 6 heteroatoms. The molecule has 19 heavy (non-hydrogen) atoms. The van der Waals surface area contributed by atoms with Gasteiger partial charge in [-0.05, 0) is 19.8 Å². The summed E-state index contributed by atoms with van der Waals surface area (Å²) >= 11 is 0. The third-order valence-corrected chi connectivity index (χ3v) is 4.16. The first-order valence-electron chi connectivity index (χ1n) is 6.66. The Hall–Kier alpha value is -1.59. The molecule has 6 nitrogen and oxygen atoms in total. The van der Waals surface area contributed by atoms with Crippen LogP contribution >= 0.6 is 0 Å². The van der Waals surface area contributed by atoms with E-state index in [-0.39, 0.29) is 17.7 Å². The fraction of sp³-hybridized carbons (Fsp3) is 0.769. The van der Waals surface area contributed by atoms with Crippen LogP contribution in [0.4, 0.5) is 0 Å². The first-order valence-corrected chi connectivity index (χ1v) is 6.66. The number of carboxylic acid groups (broad SMARTS) is 1. The molecule has 2 atom stereocenters. The zero-order valence-electron chi connectivity index (χ0n) is 11.5. The van der Waals surface area contributed by atoms with Crippen LogP contribution < -0.4 is 0 Å². The Bertz CT molecular complexity index is 434. The van der Waals surface area contributed by atoms with Gasteiger partial charge in [-0.3, -0.25) is 9.59 Å². The van der Waals surface area contributed by atoms with Crippen LogP contribution in [0, 0.1) is 5.92 Å². The van der Waals surface area contributed by atoms with E-state index in [0.29, 0.717) is 19.5 Å². The quantitative estimate of drug-likeness (QED) is 0.748. The number of aliphatic carboxylic acids is 1. The third kappa shape index (κ3) is 1.89. The molecular formula is C13H20N2O4. The summed E-state index contributed by atoms with van der Waals surface area (Å²) in [7, 11) is 0. The Morgan fingerprint density at radius 1 is 1.32 bits per heavy atom. The maximum absolute atomic E-state index is 12.3. The summed E-state index contributed by atoms with van der Waals surface area (Å²) in [6.07, 6.45) is 1.45. The van der Waals surface area contributed by atoms with E-state index in [9.17, 15) is 14.4 Å². The van der Waals surface area contributed by atoms with Gasteiger partial charge in [0.2, 0.25) is 5.91 Å². The minimum atomic E-state index is -1.01. The van der Waals surface area contributed by atoms with Gasteiger partial charge < -0.3 is 14.9 Å². The van der Waals surface area contributed by atoms with Gasteiger partial charge in [0.05, 0.1) is 6.54 Å². The summed E-state index contributed by atoms with van der Waals surface area (Å²) < 4.78 is 0. The highest BCUT2D eigenvalue weighted by atomic mass is 16.4. The molecule has 2 aliphatic heterocycles. The predicted octanol–water partition coefficient (Wildman–Crippen LogP) is 0.319. The molecule has 2 amide bonds. The summed E-state index contributed by atoms with van der Waals surface area (Å²) in [5.74, 6) is -1.39. The lowest BCUT2D eigenvalue weighted by molar-refractivity contribution is -0.176. The summed E-state index contributed by atoms with van der Waals surface area (Å²) in [5, 5.41) is 8.96. The summed E-state index contributed by atoms with van der Waals surface area (Å²) in [5.41, 5.74) is -0.759. The van der Waals surface area contributed by atoms with Gasteiger partial charge in [-0.2, -0.15) is 0 Å². The number of rotatable bonds is 3. The zero-order valence-corrected chi connectivity index (χ0v) is 11.5. The predicted molar refractivity (Wildman–Crippen MR) is 67.3 cm³/mol. The standard InChI is InChI=1S/C13H20N2O4/c1-8(2)10(16)15-6-4-5-13(15)7-14(12(13)19)9(3)11(17)18/h8-9H,4-7H2,1-3H3,(H,17,18)/t9-,13+/m0/s1. The second kappa shape index (κ2) is 4.51. The Morgan fingerprint density at radius 2 is 1.95 bits per heavy atom. The number of nitrogens with zero attached hydrogens (tertiary/aromatic N) is 2. The average Bonchev–Trinajstić information content (AvgIpc) is 2.80. The highest BCUT2D eigenvalue weighted by Gasteiger charge is 2.61. The lowest BCUT2D eigenvalue weighted by atomic mass is 9.84. The molecule has 2 saturated heterocycles. The van der Waals surface area contributed by atoms with Gasteiger partial charge in [0.25, 0.3) is 5.91 Å². The van der Waals surface area contributed by atoms with Crippen LogP contribution in [-0.2, 0) is 14.4 Å². The van der Waals surface area contributed by atoms with Crippen LogP contribution in [0.5, 0.6) is 0 Å². The zero-order chi connectivity index (χ0) is 14.4. The van der Waals surface area contributed by atoms with Crippen molar-refractivity contribution in [3.63, 3.8) is 0 Å². The van der Waals surface area contributed by atoms with Crippen LogP contribution in [0.25, 0.3) is 0 Å². The molecule has 0 unspecified atom stereocenters. The van der Waals surface area contributed by atoms with Crippen LogP contribution in [-0.4, -0.2) is 57.4 Å². The number of hydrogen-bond donors (Lipinski definition) is 1. The monoisotopic (exact) mass is 268 g/mol. The van der Waals surface area contributed by atoms with Crippen LogP contribution in [0.2, 0.25) is 0 Å². The largest absolute Gasteiger partial charge is 0.480 e. The topological polar surface area (TPSA) is 77.9 Å². The van der Waals surface area contributed by atoms with Gasteiger partial charge in [0, 0.05) is 12.5 Å². The molecule has 2 rings (SSSR count). The van der Waals surface area contributed by atoms with E-state index in [2.05, 4.69) is 0 Å². The van der Waals surface area contributed by atoms with Crippen molar-refractivity contribution in [1.82, 2.24) is 9.80 Å². The molecule has 106 valence electrons. The molecule has 0 saturated carbocycles. The fourth-order valence-electron chi connectivity index (χ4n) is 2.94. The number of β-lactam (4-membered cyclic amide) rings is 1. The number of carboxylic acids is 1. The molecular weight excluding hydrogens is 248 g/mol. The number of amides is 2. The Balaban J connectivity index is 2.16.